The molecule has 252 valence electrons. The first-order valence-corrected chi connectivity index (χ1v) is 18.6. The maximum atomic E-state index is 2.47. The highest BCUT2D eigenvalue weighted by Gasteiger charge is 2.19. The van der Waals surface area contributed by atoms with Crippen LogP contribution in [-0.2, 0) is 0 Å². The Bertz CT molecular complexity index is 3130. The molecule has 0 N–H and O–H groups in total. The van der Waals surface area contributed by atoms with Crippen molar-refractivity contribution in [3.8, 4) is 44.8 Å². The maximum absolute atomic E-state index is 2.47. The van der Waals surface area contributed by atoms with Crippen LogP contribution < -0.4 is 0 Å². The minimum atomic E-state index is 1.15. The molecule has 0 spiro atoms. The van der Waals surface area contributed by atoms with Crippen LogP contribution in [0.3, 0.4) is 0 Å². The largest absolute Gasteiger partial charge is 0.309 e. The van der Waals surface area contributed by atoms with Gasteiger partial charge in [-0.15, -0.1) is 0 Å². The third-order valence-electron chi connectivity index (χ3n) is 11.1. The van der Waals surface area contributed by atoms with E-state index in [2.05, 4.69) is 215 Å². The zero-order chi connectivity index (χ0) is 35.6. The molecule has 2 nitrogen and oxygen atoms in total. The van der Waals surface area contributed by atoms with Gasteiger partial charge in [-0.1, -0.05) is 140 Å². The third-order valence-corrected chi connectivity index (χ3v) is 11.1. The van der Waals surface area contributed by atoms with Gasteiger partial charge in [-0.05, 0) is 111 Å². The number of hydrogen-bond acceptors (Lipinski definition) is 0. The van der Waals surface area contributed by atoms with Crippen molar-refractivity contribution < 1.29 is 0 Å². The van der Waals surface area contributed by atoms with Crippen LogP contribution in [0.5, 0.6) is 0 Å². The van der Waals surface area contributed by atoms with E-state index in [1.54, 1.807) is 0 Å². The first kappa shape index (κ1) is 30.5. The Balaban J connectivity index is 1.17. The molecular weight excluding hydrogens is 653 g/mol. The second-order valence-electron chi connectivity index (χ2n) is 14.2. The molecule has 2 heterocycles. The highest BCUT2D eigenvalue weighted by Crippen LogP contribution is 2.41. The van der Waals surface area contributed by atoms with E-state index in [-0.39, 0.29) is 0 Å². The Labute approximate surface area is 313 Å². The SMILES string of the molecule is c1ccc(-c2cc(-c3ccccc3)cc(-n3c4ccc(-c5ccc6c(c5)c5ccccc5n6-c5ccccc5)cc4c4c5ccccc5ccc43)c2)cc1. The molecule has 9 aromatic carbocycles. The van der Waals surface area contributed by atoms with Gasteiger partial charge in [-0.2, -0.15) is 0 Å². The van der Waals surface area contributed by atoms with E-state index in [1.165, 1.54) is 93.5 Å². The predicted octanol–water partition coefficient (Wildman–Crippen LogP) is 14.0. The molecule has 0 radical (unpaired) electrons. The number of hydrogen-bond donors (Lipinski definition) is 0. The molecule has 0 fully saturated rings. The summed E-state index contributed by atoms with van der Waals surface area (Å²) in [7, 11) is 0. The van der Waals surface area contributed by atoms with Crippen molar-refractivity contribution in [2.45, 2.75) is 0 Å². The van der Waals surface area contributed by atoms with E-state index in [9.17, 15) is 0 Å². The monoisotopic (exact) mass is 686 g/mol. The molecular formula is C52H34N2. The summed E-state index contributed by atoms with van der Waals surface area (Å²) in [5, 5.41) is 7.54. The Morgan fingerprint density at radius 1 is 0.241 bits per heavy atom. The topological polar surface area (TPSA) is 9.86 Å². The van der Waals surface area contributed by atoms with E-state index < -0.39 is 0 Å². The standard InChI is InChI=1S/C52H34N2/c1-4-14-35(15-5-1)40-30-41(36-16-6-2-7-17-36)32-43(31-40)54-50-28-26-39(34-47(50)52-44-21-11-10-18-37(44)24-29-51(52)54)38-25-27-49-46(33-38)45-22-12-13-23-48(45)53(49)42-19-8-3-9-20-42/h1-34H. The molecule has 11 rings (SSSR count). The Morgan fingerprint density at radius 2 is 0.741 bits per heavy atom. The third kappa shape index (κ3) is 4.81. The number of nitrogens with zero attached hydrogens (tertiary/aromatic N) is 2. The molecule has 0 atom stereocenters. The Kier molecular flexibility index (Phi) is 6.90. The molecule has 2 aromatic heterocycles. The molecule has 0 saturated heterocycles. The molecule has 0 bridgehead atoms. The van der Waals surface area contributed by atoms with Crippen molar-refractivity contribution in [3.05, 3.63) is 206 Å². The van der Waals surface area contributed by atoms with Gasteiger partial charge in [0, 0.05) is 32.9 Å². The lowest BCUT2D eigenvalue weighted by Crippen LogP contribution is -1.96. The highest BCUT2D eigenvalue weighted by atomic mass is 15.0. The second-order valence-corrected chi connectivity index (χ2v) is 14.2. The van der Waals surface area contributed by atoms with E-state index in [1.807, 2.05) is 0 Å². The first-order chi connectivity index (χ1) is 26.8. The van der Waals surface area contributed by atoms with E-state index in [4.69, 9.17) is 0 Å². The fraction of sp³-hybridized carbons (Fsp3) is 0. The minimum Gasteiger partial charge on any atom is -0.309 e. The smallest absolute Gasteiger partial charge is 0.0547 e. The van der Waals surface area contributed by atoms with Crippen molar-refractivity contribution >= 4 is 54.4 Å². The fourth-order valence-electron chi connectivity index (χ4n) is 8.59. The lowest BCUT2D eigenvalue weighted by atomic mass is 9.98. The Morgan fingerprint density at radius 3 is 1.43 bits per heavy atom. The van der Waals surface area contributed by atoms with Crippen LogP contribution in [0.15, 0.2) is 206 Å². The van der Waals surface area contributed by atoms with Crippen LogP contribution >= 0.6 is 0 Å². The van der Waals surface area contributed by atoms with Crippen LogP contribution in [0, 0.1) is 0 Å². The van der Waals surface area contributed by atoms with Gasteiger partial charge < -0.3 is 9.13 Å². The highest BCUT2D eigenvalue weighted by molar-refractivity contribution is 6.22. The van der Waals surface area contributed by atoms with Gasteiger partial charge in [0.25, 0.3) is 0 Å². The second kappa shape index (κ2) is 12.2. The normalized spacial score (nSPS) is 11.7. The summed E-state index contributed by atoms with van der Waals surface area (Å²) in [5.74, 6) is 0. The van der Waals surface area contributed by atoms with Crippen LogP contribution in [0.4, 0.5) is 0 Å². The number of aromatic nitrogens is 2. The number of benzene rings is 9. The summed E-state index contributed by atoms with van der Waals surface area (Å²) in [6.07, 6.45) is 0. The van der Waals surface area contributed by atoms with Crippen molar-refractivity contribution in [1.29, 1.82) is 0 Å². The predicted molar refractivity (Wildman–Crippen MR) is 229 cm³/mol. The van der Waals surface area contributed by atoms with Crippen molar-refractivity contribution in [1.82, 2.24) is 9.13 Å². The Hall–Kier alpha value is -7.16. The molecule has 11 aromatic rings. The number of para-hydroxylation sites is 2. The average molecular weight is 687 g/mol. The van der Waals surface area contributed by atoms with Gasteiger partial charge in [0.2, 0.25) is 0 Å². The van der Waals surface area contributed by atoms with Gasteiger partial charge in [0.15, 0.2) is 0 Å². The minimum absolute atomic E-state index is 1.15. The van der Waals surface area contributed by atoms with Gasteiger partial charge in [0.05, 0.1) is 22.1 Å². The van der Waals surface area contributed by atoms with Crippen molar-refractivity contribution in [3.63, 3.8) is 0 Å². The molecule has 0 aliphatic heterocycles. The fourth-order valence-corrected chi connectivity index (χ4v) is 8.59. The summed E-state index contributed by atoms with van der Waals surface area (Å²) < 4.78 is 4.85. The van der Waals surface area contributed by atoms with Crippen molar-refractivity contribution in [2.24, 2.45) is 0 Å². The quantitative estimate of drug-likeness (QED) is 0.171. The average Bonchev–Trinajstić information content (AvgIpc) is 3.77. The summed E-state index contributed by atoms with van der Waals surface area (Å²) in [6, 6.07) is 75.3. The maximum Gasteiger partial charge on any atom is 0.0547 e. The molecule has 0 saturated carbocycles. The van der Waals surface area contributed by atoms with Crippen LogP contribution in [0.1, 0.15) is 0 Å². The van der Waals surface area contributed by atoms with Gasteiger partial charge in [0.1, 0.15) is 0 Å². The van der Waals surface area contributed by atoms with Crippen molar-refractivity contribution in [2.75, 3.05) is 0 Å². The van der Waals surface area contributed by atoms with E-state index >= 15 is 0 Å². The zero-order valence-corrected chi connectivity index (χ0v) is 29.5. The molecule has 0 aliphatic rings. The van der Waals surface area contributed by atoms with Gasteiger partial charge in [-0.3, -0.25) is 0 Å². The molecule has 0 unspecified atom stereocenters. The number of rotatable bonds is 5. The zero-order valence-electron chi connectivity index (χ0n) is 29.5. The summed E-state index contributed by atoms with van der Waals surface area (Å²) >= 11 is 0. The van der Waals surface area contributed by atoms with Crippen LogP contribution in [-0.4, -0.2) is 9.13 Å². The molecule has 0 aliphatic carbocycles. The first-order valence-electron chi connectivity index (χ1n) is 18.6. The summed E-state index contributed by atoms with van der Waals surface area (Å²) in [6.45, 7) is 0. The lowest BCUT2D eigenvalue weighted by molar-refractivity contribution is 1.18. The molecule has 54 heavy (non-hydrogen) atoms. The van der Waals surface area contributed by atoms with Crippen LogP contribution in [0.25, 0.3) is 99.1 Å². The van der Waals surface area contributed by atoms with Gasteiger partial charge >= 0.3 is 0 Å². The van der Waals surface area contributed by atoms with Gasteiger partial charge in [-0.25, -0.2) is 0 Å². The van der Waals surface area contributed by atoms with E-state index in [0.717, 1.165) is 5.69 Å². The number of fused-ring (bicyclic) bond motifs is 8. The summed E-state index contributed by atoms with van der Waals surface area (Å²) in [4.78, 5) is 0. The summed E-state index contributed by atoms with van der Waals surface area (Å²) in [5.41, 5.74) is 14.3. The molecule has 0 amide bonds. The lowest BCUT2D eigenvalue weighted by Gasteiger charge is -2.14. The molecule has 2 heteroatoms. The van der Waals surface area contributed by atoms with Crippen LogP contribution in [0.2, 0.25) is 0 Å². The van der Waals surface area contributed by atoms with E-state index in [0.29, 0.717) is 0 Å².